The van der Waals surface area contributed by atoms with Crippen molar-refractivity contribution in [3.8, 4) is 5.75 Å². The van der Waals surface area contributed by atoms with E-state index in [1.54, 1.807) is 12.1 Å². The van der Waals surface area contributed by atoms with E-state index in [0.717, 1.165) is 25.7 Å². The first kappa shape index (κ1) is 12.6. The maximum absolute atomic E-state index is 13.9. The highest BCUT2D eigenvalue weighted by Crippen LogP contribution is 2.32. The third-order valence-electron chi connectivity index (χ3n) is 3.95. The summed E-state index contributed by atoms with van der Waals surface area (Å²) < 4.78 is 33.0. The second-order valence-corrected chi connectivity index (χ2v) is 5.59. The Bertz CT molecular complexity index is 488. The summed E-state index contributed by atoms with van der Waals surface area (Å²) >= 11 is 0. The fourth-order valence-electron chi connectivity index (χ4n) is 2.15. The Labute approximate surface area is 112 Å². The lowest BCUT2D eigenvalue weighted by Gasteiger charge is -2.21. The van der Waals surface area contributed by atoms with E-state index >= 15 is 0 Å². The standard InChI is InChI=1S/C16H18F2O/c17-15-13(7-6-11-2-1-3-11)8-9-14(16(15)18)19-10-12-4-5-12/h6-9,11-12H,1-5,10H2/b7-6+. The highest BCUT2D eigenvalue weighted by Gasteiger charge is 2.23. The van der Waals surface area contributed by atoms with Crippen molar-refractivity contribution in [2.45, 2.75) is 32.1 Å². The minimum atomic E-state index is -0.864. The highest BCUT2D eigenvalue weighted by molar-refractivity contribution is 5.52. The van der Waals surface area contributed by atoms with E-state index in [0.29, 0.717) is 24.0 Å². The van der Waals surface area contributed by atoms with Crippen LogP contribution < -0.4 is 4.74 Å². The molecule has 102 valence electrons. The molecule has 0 aliphatic heterocycles. The summed E-state index contributed by atoms with van der Waals surface area (Å²) in [7, 11) is 0. The van der Waals surface area contributed by atoms with E-state index in [1.165, 1.54) is 12.5 Å². The van der Waals surface area contributed by atoms with E-state index < -0.39 is 11.6 Å². The van der Waals surface area contributed by atoms with Crippen LogP contribution in [0.2, 0.25) is 0 Å². The molecule has 0 saturated heterocycles. The van der Waals surface area contributed by atoms with Crippen LogP contribution >= 0.6 is 0 Å². The number of hydrogen-bond donors (Lipinski definition) is 0. The molecule has 0 bridgehead atoms. The largest absolute Gasteiger partial charge is 0.490 e. The Morgan fingerprint density at radius 2 is 1.89 bits per heavy atom. The van der Waals surface area contributed by atoms with Crippen LogP contribution in [0.5, 0.6) is 5.75 Å². The molecule has 0 spiro atoms. The van der Waals surface area contributed by atoms with Gasteiger partial charge in [-0.2, -0.15) is 4.39 Å². The van der Waals surface area contributed by atoms with E-state index in [2.05, 4.69) is 0 Å². The topological polar surface area (TPSA) is 9.23 Å². The molecule has 0 N–H and O–H groups in total. The quantitative estimate of drug-likeness (QED) is 0.757. The Balaban J connectivity index is 1.70. The Morgan fingerprint density at radius 1 is 1.11 bits per heavy atom. The normalized spacial score (nSPS) is 19.7. The molecule has 2 saturated carbocycles. The van der Waals surface area contributed by atoms with E-state index in [9.17, 15) is 8.78 Å². The van der Waals surface area contributed by atoms with Gasteiger partial charge in [0.2, 0.25) is 5.82 Å². The third-order valence-corrected chi connectivity index (χ3v) is 3.95. The van der Waals surface area contributed by atoms with Crippen LogP contribution in [0.15, 0.2) is 18.2 Å². The SMILES string of the molecule is Fc1c(/C=C/C2CCC2)ccc(OCC2CC2)c1F. The molecule has 0 amide bonds. The maximum Gasteiger partial charge on any atom is 0.201 e. The van der Waals surface area contributed by atoms with Crippen molar-refractivity contribution in [1.82, 2.24) is 0 Å². The number of benzene rings is 1. The molecule has 0 atom stereocenters. The average molecular weight is 264 g/mol. The number of hydrogen-bond acceptors (Lipinski definition) is 1. The van der Waals surface area contributed by atoms with Gasteiger partial charge in [0, 0.05) is 5.56 Å². The fourth-order valence-corrected chi connectivity index (χ4v) is 2.15. The molecule has 2 aliphatic carbocycles. The zero-order valence-electron chi connectivity index (χ0n) is 10.9. The van der Waals surface area contributed by atoms with Crippen molar-refractivity contribution in [1.29, 1.82) is 0 Å². The zero-order valence-corrected chi connectivity index (χ0v) is 10.9. The summed E-state index contributed by atoms with van der Waals surface area (Å²) in [5, 5.41) is 0. The summed E-state index contributed by atoms with van der Waals surface area (Å²) in [6, 6.07) is 3.12. The van der Waals surface area contributed by atoms with Gasteiger partial charge >= 0.3 is 0 Å². The molecular weight excluding hydrogens is 246 g/mol. The van der Waals surface area contributed by atoms with Crippen LogP contribution in [0, 0.1) is 23.5 Å². The molecule has 1 aromatic carbocycles. The van der Waals surface area contributed by atoms with E-state index in [1.807, 2.05) is 6.08 Å². The van der Waals surface area contributed by atoms with Crippen molar-refractivity contribution in [2.75, 3.05) is 6.61 Å². The molecule has 0 unspecified atom stereocenters. The van der Waals surface area contributed by atoms with Crippen molar-refractivity contribution < 1.29 is 13.5 Å². The lowest BCUT2D eigenvalue weighted by atomic mass is 9.85. The molecular formula is C16H18F2O. The van der Waals surface area contributed by atoms with Crippen molar-refractivity contribution in [2.24, 2.45) is 11.8 Å². The third kappa shape index (κ3) is 2.96. The molecule has 2 aliphatic rings. The Hall–Kier alpha value is -1.38. The van der Waals surface area contributed by atoms with Crippen LogP contribution in [0.1, 0.15) is 37.7 Å². The second-order valence-electron chi connectivity index (χ2n) is 5.59. The lowest BCUT2D eigenvalue weighted by Crippen LogP contribution is -2.07. The van der Waals surface area contributed by atoms with Gasteiger partial charge in [0.25, 0.3) is 0 Å². The second kappa shape index (κ2) is 5.32. The fraction of sp³-hybridized carbons (Fsp3) is 0.500. The number of allylic oxidation sites excluding steroid dienone is 1. The molecule has 0 aromatic heterocycles. The van der Waals surface area contributed by atoms with Crippen molar-refractivity contribution >= 4 is 6.08 Å². The van der Waals surface area contributed by atoms with Gasteiger partial charge in [-0.15, -0.1) is 0 Å². The van der Waals surface area contributed by atoms with Gasteiger partial charge in [-0.25, -0.2) is 4.39 Å². The monoisotopic (exact) mass is 264 g/mol. The first-order valence-corrected chi connectivity index (χ1v) is 7.03. The first-order chi connectivity index (χ1) is 9.24. The maximum atomic E-state index is 13.9. The van der Waals surface area contributed by atoms with Crippen LogP contribution in [0.25, 0.3) is 6.08 Å². The smallest absolute Gasteiger partial charge is 0.201 e. The van der Waals surface area contributed by atoms with Gasteiger partial charge in [-0.1, -0.05) is 18.6 Å². The van der Waals surface area contributed by atoms with Crippen LogP contribution in [0.4, 0.5) is 8.78 Å². The number of ether oxygens (including phenoxy) is 1. The molecule has 0 radical (unpaired) electrons. The van der Waals surface area contributed by atoms with Gasteiger partial charge in [-0.3, -0.25) is 0 Å². The molecule has 3 rings (SSSR count). The van der Waals surface area contributed by atoms with Gasteiger partial charge < -0.3 is 4.74 Å². The first-order valence-electron chi connectivity index (χ1n) is 7.03. The Kier molecular flexibility index (Phi) is 3.54. The molecule has 0 heterocycles. The summed E-state index contributed by atoms with van der Waals surface area (Å²) in [5.74, 6) is -0.570. The predicted molar refractivity (Wildman–Crippen MR) is 71.0 cm³/mol. The van der Waals surface area contributed by atoms with Gasteiger partial charge in [0.05, 0.1) is 6.61 Å². The van der Waals surface area contributed by atoms with Gasteiger partial charge in [0.1, 0.15) is 0 Å². The van der Waals surface area contributed by atoms with Gasteiger partial charge in [0.15, 0.2) is 11.6 Å². The zero-order chi connectivity index (χ0) is 13.2. The van der Waals surface area contributed by atoms with E-state index in [4.69, 9.17) is 4.74 Å². The summed E-state index contributed by atoms with van der Waals surface area (Å²) in [5.41, 5.74) is 0.308. The average Bonchev–Trinajstić information content (AvgIpc) is 3.15. The number of halogens is 2. The molecule has 19 heavy (non-hydrogen) atoms. The van der Waals surface area contributed by atoms with Crippen molar-refractivity contribution in [3.63, 3.8) is 0 Å². The summed E-state index contributed by atoms with van der Waals surface area (Å²) in [4.78, 5) is 0. The van der Waals surface area contributed by atoms with Crippen LogP contribution in [-0.4, -0.2) is 6.61 Å². The summed E-state index contributed by atoms with van der Waals surface area (Å²) in [6.45, 7) is 0.494. The van der Waals surface area contributed by atoms with Crippen molar-refractivity contribution in [3.05, 3.63) is 35.4 Å². The Morgan fingerprint density at radius 3 is 2.53 bits per heavy atom. The molecule has 2 fully saturated rings. The predicted octanol–water partition coefficient (Wildman–Crippen LogP) is 4.57. The molecule has 1 aromatic rings. The molecule has 3 heteroatoms. The van der Waals surface area contributed by atoms with Gasteiger partial charge in [-0.05, 0) is 49.7 Å². The lowest BCUT2D eigenvalue weighted by molar-refractivity contribution is 0.280. The van der Waals surface area contributed by atoms with Crippen LogP contribution in [0.3, 0.4) is 0 Å². The minimum Gasteiger partial charge on any atom is -0.490 e. The summed E-state index contributed by atoms with van der Waals surface area (Å²) in [6.07, 6.45) is 9.48. The number of rotatable bonds is 5. The highest BCUT2D eigenvalue weighted by atomic mass is 19.2. The van der Waals surface area contributed by atoms with E-state index in [-0.39, 0.29) is 5.75 Å². The minimum absolute atomic E-state index is 0.0326. The van der Waals surface area contributed by atoms with Crippen LogP contribution in [-0.2, 0) is 0 Å². The molecule has 1 nitrogen and oxygen atoms in total.